The molecular weight excluding hydrogens is 216 g/mol. The number of likely N-dealkylation sites (N-methyl/N-ethyl adjacent to an activating group) is 1. The molecule has 0 unspecified atom stereocenters. The van der Waals surface area contributed by atoms with Crippen LogP contribution in [0.4, 0.5) is 0 Å². The highest BCUT2D eigenvalue weighted by atomic mass is 16.5. The Bertz CT molecular complexity index is 194. The largest absolute Gasteiger partial charge is 0.385 e. The van der Waals surface area contributed by atoms with Crippen LogP contribution in [0.1, 0.15) is 25.7 Å². The van der Waals surface area contributed by atoms with Crippen molar-refractivity contribution < 1.29 is 9.47 Å². The van der Waals surface area contributed by atoms with Crippen molar-refractivity contribution in [2.45, 2.75) is 31.2 Å². The summed E-state index contributed by atoms with van der Waals surface area (Å²) in [4.78, 5) is 2.36. The third-order valence-electron chi connectivity index (χ3n) is 3.75. The highest BCUT2D eigenvalue weighted by Gasteiger charge is 2.38. The van der Waals surface area contributed by atoms with Crippen molar-refractivity contribution in [1.29, 1.82) is 0 Å². The van der Waals surface area contributed by atoms with E-state index in [-0.39, 0.29) is 0 Å². The van der Waals surface area contributed by atoms with Gasteiger partial charge in [0.2, 0.25) is 0 Å². The van der Waals surface area contributed by atoms with Crippen LogP contribution in [-0.2, 0) is 9.47 Å². The summed E-state index contributed by atoms with van der Waals surface area (Å²) >= 11 is 0. The molecule has 1 aliphatic rings. The Morgan fingerprint density at radius 3 is 2.47 bits per heavy atom. The second-order valence-corrected chi connectivity index (χ2v) is 5.11. The first-order valence-electron chi connectivity index (χ1n) is 6.66. The van der Waals surface area contributed by atoms with E-state index in [1.807, 2.05) is 0 Å². The highest BCUT2D eigenvalue weighted by Crippen LogP contribution is 2.35. The summed E-state index contributed by atoms with van der Waals surface area (Å²) in [6, 6.07) is 0. The second-order valence-electron chi connectivity index (χ2n) is 5.11. The van der Waals surface area contributed by atoms with E-state index in [0.717, 1.165) is 39.3 Å². The lowest BCUT2D eigenvalue weighted by Gasteiger charge is -2.47. The maximum atomic E-state index is 5.51. The van der Waals surface area contributed by atoms with Gasteiger partial charge in [0, 0.05) is 39.0 Å². The minimum absolute atomic E-state index is 0.413. The van der Waals surface area contributed by atoms with E-state index in [9.17, 15) is 0 Å². The fourth-order valence-corrected chi connectivity index (χ4v) is 2.24. The summed E-state index contributed by atoms with van der Waals surface area (Å²) in [6.07, 6.45) is 4.99. The minimum atomic E-state index is 0.413. The van der Waals surface area contributed by atoms with Gasteiger partial charge in [-0.15, -0.1) is 0 Å². The van der Waals surface area contributed by atoms with Crippen molar-refractivity contribution in [3.63, 3.8) is 0 Å². The lowest BCUT2D eigenvalue weighted by molar-refractivity contribution is 0.0552. The van der Waals surface area contributed by atoms with Crippen molar-refractivity contribution in [1.82, 2.24) is 10.2 Å². The van der Waals surface area contributed by atoms with Crippen LogP contribution in [0.25, 0.3) is 0 Å². The molecule has 1 aliphatic carbocycles. The molecule has 0 aromatic carbocycles. The SMILES string of the molecule is COCCCOCCNCC1(N(C)C)CCC1. The van der Waals surface area contributed by atoms with Gasteiger partial charge in [-0.25, -0.2) is 0 Å². The van der Waals surface area contributed by atoms with Gasteiger partial charge in [-0.3, -0.25) is 0 Å². The topological polar surface area (TPSA) is 33.7 Å². The minimum Gasteiger partial charge on any atom is -0.385 e. The van der Waals surface area contributed by atoms with E-state index in [4.69, 9.17) is 9.47 Å². The predicted molar refractivity (Wildman–Crippen MR) is 70.5 cm³/mol. The quantitative estimate of drug-likeness (QED) is 0.584. The Labute approximate surface area is 106 Å². The van der Waals surface area contributed by atoms with E-state index in [2.05, 4.69) is 24.3 Å². The number of hydrogen-bond donors (Lipinski definition) is 1. The van der Waals surface area contributed by atoms with Gasteiger partial charge in [0.15, 0.2) is 0 Å². The maximum absolute atomic E-state index is 5.51. The zero-order chi connectivity index (χ0) is 12.6. The second kappa shape index (κ2) is 8.03. The van der Waals surface area contributed by atoms with Crippen LogP contribution in [0.15, 0.2) is 0 Å². The van der Waals surface area contributed by atoms with Crippen LogP contribution in [0.3, 0.4) is 0 Å². The zero-order valence-electron chi connectivity index (χ0n) is 11.6. The number of hydrogen-bond acceptors (Lipinski definition) is 4. The smallest absolute Gasteiger partial charge is 0.0590 e. The summed E-state index contributed by atoms with van der Waals surface area (Å²) in [5.74, 6) is 0. The number of rotatable bonds is 10. The van der Waals surface area contributed by atoms with E-state index in [0.29, 0.717) is 5.54 Å². The Balaban J connectivity index is 1.93. The summed E-state index contributed by atoms with van der Waals surface area (Å²) in [5.41, 5.74) is 0.413. The van der Waals surface area contributed by atoms with Crippen LogP contribution >= 0.6 is 0 Å². The Kier molecular flexibility index (Phi) is 7.04. The van der Waals surface area contributed by atoms with Gasteiger partial charge in [-0.05, 0) is 39.8 Å². The number of nitrogens with one attached hydrogen (secondary N) is 1. The van der Waals surface area contributed by atoms with Gasteiger partial charge in [-0.2, -0.15) is 0 Å². The normalized spacial score (nSPS) is 18.4. The molecule has 0 aliphatic heterocycles. The first kappa shape index (κ1) is 14.9. The van der Waals surface area contributed by atoms with E-state index < -0.39 is 0 Å². The summed E-state index contributed by atoms with van der Waals surface area (Å²) in [7, 11) is 6.09. The lowest BCUT2D eigenvalue weighted by atomic mass is 9.75. The standard InChI is InChI=1S/C13H28N2O2/c1-15(2)13(6-4-7-13)12-14-8-11-17-10-5-9-16-3/h14H,4-12H2,1-3H3. The van der Waals surface area contributed by atoms with Gasteiger partial charge >= 0.3 is 0 Å². The fraction of sp³-hybridized carbons (Fsp3) is 1.00. The molecule has 0 aromatic heterocycles. The molecule has 0 saturated heterocycles. The Morgan fingerprint density at radius 1 is 1.18 bits per heavy atom. The van der Waals surface area contributed by atoms with Gasteiger partial charge in [0.05, 0.1) is 6.61 Å². The molecule has 1 saturated carbocycles. The fourth-order valence-electron chi connectivity index (χ4n) is 2.24. The first-order chi connectivity index (χ1) is 8.21. The van der Waals surface area contributed by atoms with Crippen molar-refractivity contribution in [2.24, 2.45) is 0 Å². The van der Waals surface area contributed by atoms with Crippen LogP contribution in [0, 0.1) is 0 Å². The molecule has 102 valence electrons. The van der Waals surface area contributed by atoms with Gasteiger partial charge in [0.25, 0.3) is 0 Å². The molecular formula is C13H28N2O2. The van der Waals surface area contributed by atoms with E-state index >= 15 is 0 Å². The van der Waals surface area contributed by atoms with Crippen LogP contribution in [-0.4, -0.2) is 64.6 Å². The Hall–Kier alpha value is -0.160. The molecule has 0 atom stereocenters. The van der Waals surface area contributed by atoms with Crippen molar-refractivity contribution in [3.05, 3.63) is 0 Å². The van der Waals surface area contributed by atoms with Gasteiger partial charge in [-0.1, -0.05) is 0 Å². The maximum Gasteiger partial charge on any atom is 0.0590 e. The summed E-state index contributed by atoms with van der Waals surface area (Å²) < 4.78 is 10.5. The molecule has 0 spiro atoms. The summed E-state index contributed by atoms with van der Waals surface area (Å²) in [6.45, 7) is 4.42. The molecule has 0 bridgehead atoms. The summed E-state index contributed by atoms with van der Waals surface area (Å²) in [5, 5.41) is 3.50. The van der Waals surface area contributed by atoms with Crippen molar-refractivity contribution in [2.75, 3.05) is 54.1 Å². The van der Waals surface area contributed by atoms with Crippen molar-refractivity contribution in [3.8, 4) is 0 Å². The number of ether oxygens (including phenoxy) is 2. The molecule has 0 aromatic rings. The van der Waals surface area contributed by atoms with E-state index in [1.165, 1.54) is 19.3 Å². The first-order valence-corrected chi connectivity index (χ1v) is 6.66. The molecule has 0 amide bonds. The highest BCUT2D eigenvalue weighted by molar-refractivity contribution is 4.97. The average molecular weight is 244 g/mol. The van der Waals surface area contributed by atoms with Gasteiger partial charge < -0.3 is 19.7 Å². The Morgan fingerprint density at radius 2 is 1.94 bits per heavy atom. The molecule has 17 heavy (non-hydrogen) atoms. The molecule has 1 rings (SSSR count). The molecule has 1 N–H and O–H groups in total. The lowest BCUT2D eigenvalue weighted by Crippen LogP contribution is -2.56. The van der Waals surface area contributed by atoms with E-state index in [1.54, 1.807) is 7.11 Å². The number of methoxy groups -OCH3 is 1. The third-order valence-corrected chi connectivity index (χ3v) is 3.75. The van der Waals surface area contributed by atoms with Crippen molar-refractivity contribution >= 4 is 0 Å². The predicted octanol–water partition coefficient (Wildman–Crippen LogP) is 1.11. The molecule has 4 heteroatoms. The zero-order valence-corrected chi connectivity index (χ0v) is 11.6. The van der Waals surface area contributed by atoms with Crippen LogP contribution < -0.4 is 5.32 Å². The molecule has 4 nitrogen and oxygen atoms in total. The van der Waals surface area contributed by atoms with Crippen LogP contribution in [0.5, 0.6) is 0 Å². The molecule has 0 heterocycles. The third kappa shape index (κ3) is 4.92. The number of nitrogens with zero attached hydrogens (tertiary/aromatic N) is 1. The van der Waals surface area contributed by atoms with Gasteiger partial charge in [0.1, 0.15) is 0 Å². The molecule has 1 fully saturated rings. The monoisotopic (exact) mass is 244 g/mol. The van der Waals surface area contributed by atoms with Crippen LogP contribution in [0.2, 0.25) is 0 Å². The average Bonchev–Trinajstić information content (AvgIpc) is 2.24. The molecule has 0 radical (unpaired) electrons.